The summed E-state index contributed by atoms with van der Waals surface area (Å²) in [5, 5.41) is 7.74. The van der Waals surface area contributed by atoms with Gasteiger partial charge in [0.2, 0.25) is 5.89 Å². The van der Waals surface area contributed by atoms with E-state index in [9.17, 15) is 13.2 Å². The van der Waals surface area contributed by atoms with Crippen molar-refractivity contribution in [3.05, 3.63) is 83.6 Å². The molecular weight excluding hydrogens is 477 g/mol. The van der Waals surface area contributed by atoms with E-state index in [1.165, 1.54) is 24.0 Å². The Bertz CT molecular complexity index is 1340. The maximum atomic E-state index is 14.2. The number of halogens is 3. The van der Waals surface area contributed by atoms with Crippen LogP contribution in [0.3, 0.4) is 0 Å². The number of aromatic nitrogens is 4. The zero-order valence-electron chi connectivity index (χ0n) is 18.9. The summed E-state index contributed by atoms with van der Waals surface area (Å²) < 4.78 is 62.0. The Balaban J connectivity index is 1.10. The van der Waals surface area contributed by atoms with Crippen LogP contribution in [0.25, 0.3) is 12.2 Å². The van der Waals surface area contributed by atoms with Crippen molar-refractivity contribution in [3.8, 4) is 17.2 Å². The molecule has 4 aromatic rings. The SMILES string of the molecule is Fc1cc2c(cc1C=Cc1nc(COc3ccc(CCCCn4ccnn4)cc3)co1)OC(F)(F)O2. The van der Waals surface area contributed by atoms with Crippen LogP contribution in [0.5, 0.6) is 17.2 Å². The number of ether oxygens (including phenoxy) is 3. The fraction of sp³-hybridized carbons (Fsp3) is 0.240. The average Bonchev–Trinajstić information content (AvgIpc) is 3.59. The summed E-state index contributed by atoms with van der Waals surface area (Å²) >= 11 is 0. The van der Waals surface area contributed by atoms with E-state index in [1.807, 2.05) is 35.1 Å². The van der Waals surface area contributed by atoms with Gasteiger partial charge in [0.15, 0.2) is 11.5 Å². The molecule has 0 spiro atoms. The van der Waals surface area contributed by atoms with Gasteiger partial charge in [0, 0.05) is 30.4 Å². The molecule has 36 heavy (non-hydrogen) atoms. The number of nitrogens with zero attached hydrogens (tertiary/aromatic N) is 4. The van der Waals surface area contributed by atoms with Crippen LogP contribution in [0.4, 0.5) is 13.2 Å². The molecule has 186 valence electrons. The molecule has 8 nitrogen and oxygen atoms in total. The van der Waals surface area contributed by atoms with Crippen molar-refractivity contribution in [1.29, 1.82) is 0 Å². The van der Waals surface area contributed by atoms with Gasteiger partial charge in [0.1, 0.15) is 30.1 Å². The first kappa shape index (κ1) is 23.5. The Kier molecular flexibility index (Phi) is 6.61. The molecule has 3 heterocycles. The van der Waals surface area contributed by atoms with Crippen molar-refractivity contribution < 1.29 is 31.8 Å². The molecule has 0 saturated heterocycles. The maximum absolute atomic E-state index is 14.2. The molecule has 0 unspecified atom stereocenters. The van der Waals surface area contributed by atoms with Gasteiger partial charge in [-0.1, -0.05) is 17.3 Å². The summed E-state index contributed by atoms with van der Waals surface area (Å²) in [6.45, 7) is 1.03. The lowest BCUT2D eigenvalue weighted by Gasteiger charge is -2.06. The third kappa shape index (κ3) is 5.85. The Morgan fingerprint density at radius 3 is 2.61 bits per heavy atom. The van der Waals surface area contributed by atoms with Crippen molar-refractivity contribution in [2.24, 2.45) is 0 Å². The second-order valence-corrected chi connectivity index (χ2v) is 8.05. The third-order valence-electron chi connectivity index (χ3n) is 5.38. The van der Waals surface area contributed by atoms with Crippen LogP contribution in [0.1, 0.15) is 35.6 Å². The molecule has 0 saturated carbocycles. The lowest BCUT2D eigenvalue weighted by Crippen LogP contribution is -2.25. The van der Waals surface area contributed by atoms with Crippen LogP contribution < -0.4 is 14.2 Å². The van der Waals surface area contributed by atoms with Crippen LogP contribution >= 0.6 is 0 Å². The summed E-state index contributed by atoms with van der Waals surface area (Å²) in [5.74, 6) is -0.459. The molecule has 1 aliphatic heterocycles. The highest BCUT2D eigenvalue weighted by Crippen LogP contribution is 2.42. The van der Waals surface area contributed by atoms with Gasteiger partial charge in [0.25, 0.3) is 0 Å². The molecule has 2 aromatic carbocycles. The average molecular weight is 498 g/mol. The second kappa shape index (κ2) is 10.1. The van der Waals surface area contributed by atoms with Crippen molar-refractivity contribution >= 4 is 12.2 Å². The van der Waals surface area contributed by atoms with Gasteiger partial charge in [-0.2, -0.15) is 0 Å². The standard InChI is InChI=1S/C25H21F3N4O4/c26-21-14-23-22(35-25(27,28)36-23)13-18(21)6-9-24-30-19(16-34-24)15-33-20-7-4-17(5-8-20)3-1-2-11-32-12-10-29-31-32/h4-10,12-14,16H,1-3,11,15H2. The van der Waals surface area contributed by atoms with Crippen LogP contribution in [-0.4, -0.2) is 26.3 Å². The van der Waals surface area contributed by atoms with Gasteiger partial charge < -0.3 is 18.6 Å². The highest BCUT2D eigenvalue weighted by Gasteiger charge is 2.43. The van der Waals surface area contributed by atoms with Gasteiger partial charge in [-0.25, -0.2) is 9.37 Å². The van der Waals surface area contributed by atoms with E-state index < -0.39 is 12.1 Å². The van der Waals surface area contributed by atoms with Crippen LogP contribution in [-0.2, 0) is 19.6 Å². The monoisotopic (exact) mass is 498 g/mol. The van der Waals surface area contributed by atoms with Crippen LogP contribution in [0.2, 0.25) is 0 Å². The minimum Gasteiger partial charge on any atom is -0.487 e. The first-order valence-corrected chi connectivity index (χ1v) is 11.2. The summed E-state index contributed by atoms with van der Waals surface area (Å²) in [6, 6.07) is 9.82. The molecule has 5 rings (SSSR count). The molecule has 0 bridgehead atoms. The minimum atomic E-state index is -3.81. The van der Waals surface area contributed by atoms with Gasteiger partial charge in [-0.05, 0) is 49.1 Å². The predicted molar refractivity (Wildman–Crippen MR) is 122 cm³/mol. The largest absolute Gasteiger partial charge is 0.586 e. The number of alkyl halides is 2. The minimum absolute atomic E-state index is 0.0181. The number of unbranched alkanes of at least 4 members (excludes halogenated alkanes) is 1. The van der Waals surface area contributed by atoms with Gasteiger partial charge >= 0.3 is 6.29 Å². The van der Waals surface area contributed by atoms with Crippen molar-refractivity contribution in [1.82, 2.24) is 20.0 Å². The predicted octanol–water partition coefficient (Wildman–Crippen LogP) is 5.50. The molecular formula is C25H21F3N4O4. The second-order valence-electron chi connectivity index (χ2n) is 8.05. The van der Waals surface area contributed by atoms with Crippen molar-refractivity contribution in [2.75, 3.05) is 0 Å². The first-order valence-electron chi connectivity index (χ1n) is 11.2. The Hall–Kier alpha value is -4.28. The third-order valence-corrected chi connectivity index (χ3v) is 5.38. The maximum Gasteiger partial charge on any atom is 0.586 e. The molecule has 2 aromatic heterocycles. The van der Waals surface area contributed by atoms with Gasteiger partial charge in [-0.15, -0.1) is 13.9 Å². The lowest BCUT2D eigenvalue weighted by atomic mass is 10.1. The van der Waals surface area contributed by atoms with E-state index >= 15 is 0 Å². The summed E-state index contributed by atoms with van der Waals surface area (Å²) in [4.78, 5) is 4.27. The fourth-order valence-electron chi connectivity index (χ4n) is 3.61. The molecule has 0 amide bonds. The summed E-state index contributed by atoms with van der Waals surface area (Å²) in [6.07, 6.45) is 6.92. The number of hydrogen-bond donors (Lipinski definition) is 0. The van der Waals surface area contributed by atoms with E-state index in [2.05, 4.69) is 24.8 Å². The van der Waals surface area contributed by atoms with Crippen molar-refractivity contribution in [2.45, 2.75) is 38.7 Å². The number of benzene rings is 2. The van der Waals surface area contributed by atoms with Crippen molar-refractivity contribution in [3.63, 3.8) is 0 Å². The highest BCUT2D eigenvalue weighted by molar-refractivity contribution is 5.68. The zero-order valence-corrected chi connectivity index (χ0v) is 18.9. The molecule has 0 fully saturated rings. The van der Waals surface area contributed by atoms with E-state index in [4.69, 9.17) is 9.15 Å². The number of oxazole rings is 1. The number of rotatable bonds is 10. The number of fused-ring (bicyclic) bond motifs is 1. The smallest absolute Gasteiger partial charge is 0.487 e. The Morgan fingerprint density at radius 1 is 1.03 bits per heavy atom. The quantitative estimate of drug-likeness (QED) is 0.267. The van der Waals surface area contributed by atoms with Crippen LogP contribution in [0, 0.1) is 5.82 Å². The summed E-state index contributed by atoms with van der Waals surface area (Å²) in [7, 11) is 0. The summed E-state index contributed by atoms with van der Waals surface area (Å²) in [5.41, 5.74) is 1.77. The highest BCUT2D eigenvalue weighted by atomic mass is 19.3. The van der Waals surface area contributed by atoms with E-state index in [-0.39, 0.29) is 29.6 Å². The Labute approximate surface area is 203 Å². The van der Waals surface area contributed by atoms with Gasteiger partial charge in [-0.3, -0.25) is 4.68 Å². The van der Waals surface area contributed by atoms with E-state index in [0.29, 0.717) is 11.4 Å². The Morgan fingerprint density at radius 2 is 1.83 bits per heavy atom. The molecule has 0 radical (unpaired) electrons. The molecule has 0 atom stereocenters. The lowest BCUT2D eigenvalue weighted by molar-refractivity contribution is -0.286. The number of hydrogen-bond acceptors (Lipinski definition) is 7. The van der Waals surface area contributed by atoms with E-state index in [0.717, 1.165) is 37.9 Å². The van der Waals surface area contributed by atoms with Gasteiger partial charge in [0.05, 0.1) is 6.20 Å². The topological polar surface area (TPSA) is 84.4 Å². The fourth-order valence-corrected chi connectivity index (χ4v) is 3.61. The first-order chi connectivity index (χ1) is 17.4. The molecule has 0 aliphatic carbocycles. The molecule has 1 aliphatic rings. The molecule has 11 heteroatoms. The normalized spacial score (nSPS) is 14.0. The zero-order chi connectivity index (χ0) is 25.0. The van der Waals surface area contributed by atoms with E-state index in [1.54, 1.807) is 6.20 Å². The molecule has 0 N–H and O–H groups in total. The van der Waals surface area contributed by atoms with Crippen LogP contribution in [0.15, 0.2) is 59.5 Å². The number of aryl methyl sites for hydroxylation is 2.